The van der Waals surface area contributed by atoms with Crippen LogP contribution in [0.2, 0.25) is 0 Å². The van der Waals surface area contributed by atoms with Crippen LogP contribution in [0.4, 0.5) is 0 Å². The van der Waals surface area contributed by atoms with Crippen molar-refractivity contribution in [3.63, 3.8) is 0 Å². The molecule has 1 amide bonds. The van der Waals surface area contributed by atoms with Crippen molar-refractivity contribution in [2.75, 3.05) is 0 Å². The predicted octanol–water partition coefficient (Wildman–Crippen LogP) is 6.41. The van der Waals surface area contributed by atoms with Crippen LogP contribution in [0, 0.1) is 6.92 Å². The van der Waals surface area contributed by atoms with E-state index in [1.165, 1.54) is 0 Å². The lowest BCUT2D eigenvalue weighted by Crippen LogP contribution is -2.41. The molecule has 0 bridgehead atoms. The molecule has 1 N–H and O–H groups in total. The molecule has 2 heterocycles. The third kappa shape index (κ3) is 3.47. The van der Waals surface area contributed by atoms with Crippen molar-refractivity contribution < 1.29 is 19.1 Å². The quantitative estimate of drug-likeness (QED) is 0.426. The van der Waals surface area contributed by atoms with Crippen LogP contribution in [0.3, 0.4) is 0 Å². The van der Waals surface area contributed by atoms with E-state index in [1.807, 2.05) is 43.3 Å². The van der Waals surface area contributed by atoms with Crippen molar-refractivity contribution in [1.82, 2.24) is 4.90 Å². The van der Waals surface area contributed by atoms with E-state index in [4.69, 9.17) is 4.42 Å². The summed E-state index contributed by atoms with van der Waals surface area (Å²) in [5, 5.41) is 11.7. The van der Waals surface area contributed by atoms with E-state index in [0.29, 0.717) is 5.58 Å². The van der Waals surface area contributed by atoms with Gasteiger partial charge in [-0.15, -0.1) is 0 Å². The van der Waals surface area contributed by atoms with E-state index in [-0.39, 0.29) is 17.4 Å². The van der Waals surface area contributed by atoms with Gasteiger partial charge in [-0.25, -0.2) is 0 Å². The van der Waals surface area contributed by atoms with Crippen molar-refractivity contribution in [3.8, 4) is 0 Å². The standard InChI is InChI=1S/C26H24BrNO4/c1-15-7-5-6-10-19(15)23-22(25(30)26(31)28(23)18-8-3-2-4-9-18)24(29)21-14-16-13-17(27)11-12-20(16)32-21/h5-7,10-14,18,23,30H,2-4,8-9H2,1H3. The van der Waals surface area contributed by atoms with E-state index in [9.17, 15) is 14.7 Å². The molecule has 1 aliphatic carbocycles. The van der Waals surface area contributed by atoms with E-state index >= 15 is 0 Å². The number of aliphatic hydroxyl groups is 1. The number of benzene rings is 2. The largest absolute Gasteiger partial charge is 0.503 e. The van der Waals surface area contributed by atoms with Gasteiger partial charge in [0, 0.05) is 15.9 Å². The summed E-state index contributed by atoms with van der Waals surface area (Å²) < 4.78 is 6.71. The minimum Gasteiger partial charge on any atom is -0.503 e. The lowest BCUT2D eigenvalue weighted by molar-refractivity contribution is -0.132. The number of aliphatic hydroxyl groups excluding tert-OH is 1. The summed E-state index contributed by atoms with van der Waals surface area (Å²) in [6, 6.07) is 14.3. The first kappa shape index (κ1) is 21.0. The minimum absolute atomic E-state index is 0.0000604. The molecule has 5 nitrogen and oxygen atoms in total. The first-order valence-electron chi connectivity index (χ1n) is 11.0. The van der Waals surface area contributed by atoms with Gasteiger partial charge in [0.2, 0.25) is 5.78 Å². The number of ketones is 1. The summed E-state index contributed by atoms with van der Waals surface area (Å²) in [7, 11) is 0. The van der Waals surface area contributed by atoms with E-state index in [1.54, 1.807) is 17.0 Å². The van der Waals surface area contributed by atoms with Gasteiger partial charge in [0.15, 0.2) is 11.5 Å². The molecular weight excluding hydrogens is 470 g/mol. The number of halogens is 1. The molecule has 2 aromatic carbocycles. The van der Waals surface area contributed by atoms with Gasteiger partial charge in [-0.05, 0) is 55.2 Å². The highest BCUT2D eigenvalue weighted by atomic mass is 79.9. The molecule has 32 heavy (non-hydrogen) atoms. The number of nitrogens with zero attached hydrogens (tertiary/aromatic N) is 1. The van der Waals surface area contributed by atoms with Crippen LogP contribution in [0.5, 0.6) is 0 Å². The van der Waals surface area contributed by atoms with E-state index in [0.717, 1.165) is 53.1 Å². The first-order chi connectivity index (χ1) is 15.5. The molecule has 1 aliphatic heterocycles. The number of amides is 1. The highest BCUT2D eigenvalue weighted by molar-refractivity contribution is 9.10. The summed E-state index contributed by atoms with van der Waals surface area (Å²) in [6.45, 7) is 1.97. The van der Waals surface area contributed by atoms with Gasteiger partial charge in [-0.2, -0.15) is 0 Å². The SMILES string of the molecule is Cc1ccccc1C1C(C(=O)c2cc3cc(Br)ccc3o2)=C(O)C(=O)N1C1CCCCC1. The third-order valence-electron chi connectivity index (χ3n) is 6.64. The normalized spacial score (nSPS) is 19.9. The smallest absolute Gasteiger partial charge is 0.290 e. The highest BCUT2D eigenvalue weighted by Gasteiger charge is 2.47. The monoisotopic (exact) mass is 493 g/mol. The van der Waals surface area contributed by atoms with Crippen molar-refractivity contribution in [2.24, 2.45) is 0 Å². The van der Waals surface area contributed by atoms with Crippen LogP contribution in [0.25, 0.3) is 11.0 Å². The van der Waals surface area contributed by atoms with Crippen LogP contribution in [0.1, 0.15) is 59.8 Å². The number of carbonyl (C=O) groups excluding carboxylic acids is 2. The van der Waals surface area contributed by atoms with Crippen molar-refractivity contribution >= 4 is 38.6 Å². The Labute approximate surface area is 194 Å². The molecule has 0 spiro atoms. The van der Waals surface area contributed by atoms with Crippen molar-refractivity contribution in [3.05, 3.63) is 81.2 Å². The van der Waals surface area contributed by atoms with Gasteiger partial charge in [0.1, 0.15) is 5.58 Å². The molecule has 0 saturated heterocycles. The third-order valence-corrected chi connectivity index (χ3v) is 7.13. The van der Waals surface area contributed by atoms with E-state index < -0.39 is 23.5 Å². The van der Waals surface area contributed by atoms with Gasteiger partial charge in [-0.3, -0.25) is 9.59 Å². The zero-order valence-corrected chi connectivity index (χ0v) is 19.4. The second kappa shape index (κ2) is 8.24. The van der Waals surface area contributed by atoms with Gasteiger partial charge in [-0.1, -0.05) is 59.5 Å². The number of carbonyl (C=O) groups is 2. The number of rotatable bonds is 4. The number of hydrogen-bond donors (Lipinski definition) is 1. The topological polar surface area (TPSA) is 70.7 Å². The molecule has 164 valence electrons. The maximum Gasteiger partial charge on any atom is 0.290 e. The van der Waals surface area contributed by atoms with Gasteiger partial charge in [0.05, 0.1) is 11.6 Å². The molecular formula is C26H24BrNO4. The summed E-state index contributed by atoms with van der Waals surface area (Å²) in [5.41, 5.74) is 2.52. The fraction of sp³-hybridized carbons (Fsp3) is 0.308. The van der Waals surface area contributed by atoms with Crippen molar-refractivity contribution in [1.29, 1.82) is 0 Å². The molecule has 1 saturated carbocycles. The lowest BCUT2D eigenvalue weighted by atomic mass is 9.88. The Balaban J connectivity index is 1.62. The zero-order chi connectivity index (χ0) is 22.4. The number of hydrogen-bond acceptors (Lipinski definition) is 4. The Bertz CT molecular complexity index is 1250. The second-order valence-corrected chi connectivity index (χ2v) is 9.56. The molecule has 0 radical (unpaired) electrons. The lowest BCUT2D eigenvalue weighted by Gasteiger charge is -2.37. The molecule has 6 heteroatoms. The van der Waals surface area contributed by atoms with Crippen LogP contribution in [0.15, 0.2) is 68.8 Å². The maximum absolute atomic E-state index is 13.7. The predicted molar refractivity (Wildman–Crippen MR) is 126 cm³/mol. The van der Waals surface area contributed by atoms with Gasteiger partial charge >= 0.3 is 0 Å². The summed E-state index contributed by atoms with van der Waals surface area (Å²) in [4.78, 5) is 28.7. The van der Waals surface area contributed by atoms with Crippen LogP contribution >= 0.6 is 15.9 Å². The average Bonchev–Trinajstić information content (AvgIpc) is 3.33. The molecule has 1 unspecified atom stereocenters. The zero-order valence-electron chi connectivity index (χ0n) is 17.8. The molecule has 1 atom stereocenters. The second-order valence-electron chi connectivity index (χ2n) is 8.65. The number of furan rings is 1. The van der Waals surface area contributed by atoms with E-state index in [2.05, 4.69) is 15.9 Å². The summed E-state index contributed by atoms with van der Waals surface area (Å²) in [6.07, 6.45) is 4.98. The molecule has 2 aliphatic rings. The summed E-state index contributed by atoms with van der Waals surface area (Å²) >= 11 is 3.44. The number of aryl methyl sites for hydroxylation is 1. The van der Waals surface area contributed by atoms with Gasteiger partial charge < -0.3 is 14.4 Å². The fourth-order valence-corrected chi connectivity index (χ4v) is 5.43. The van der Waals surface area contributed by atoms with Crippen LogP contribution in [-0.4, -0.2) is 27.7 Å². The Morgan fingerprint density at radius 2 is 1.84 bits per heavy atom. The van der Waals surface area contributed by atoms with Crippen molar-refractivity contribution in [2.45, 2.75) is 51.1 Å². The maximum atomic E-state index is 13.7. The highest BCUT2D eigenvalue weighted by Crippen LogP contribution is 2.44. The Kier molecular flexibility index (Phi) is 5.41. The van der Waals surface area contributed by atoms with Gasteiger partial charge in [0.25, 0.3) is 5.91 Å². The first-order valence-corrected chi connectivity index (χ1v) is 11.8. The Hall–Kier alpha value is -2.86. The van der Waals surface area contributed by atoms with Crippen LogP contribution < -0.4 is 0 Å². The number of Topliss-reactive ketones (excluding diaryl/α,β-unsaturated/α-hetero) is 1. The fourth-order valence-electron chi connectivity index (χ4n) is 5.05. The Morgan fingerprint density at radius 1 is 1.09 bits per heavy atom. The summed E-state index contributed by atoms with van der Waals surface area (Å²) in [5.74, 6) is -1.26. The molecule has 5 rings (SSSR count). The molecule has 3 aromatic rings. The number of fused-ring (bicyclic) bond motifs is 1. The average molecular weight is 494 g/mol. The molecule has 1 fully saturated rings. The Morgan fingerprint density at radius 3 is 2.59 bits per heavy atom. The molecule has 1 aromatic heterocycles. The van der Waals surface area contributed by atoms with Crippen LogP contribution in [-0.2, 0) is 4.79 Å². The minimum atomic E-state index is -0.626.